The summed E-state index contributed by atoms with van der Waals surface area (Å²) in [5, 5.41) is 7.56. The van der Waals surface area contributed by atoms with Gasteiger partial charge in [0.1, 0.15) is 0 Å². The maximum absolute atomic E-state index is 5.82. The molecule has 0 saturated carbocycles. The first-order valence-electron chi connectivity index (χ1n) is 3.59. The van der Waals surface area contributed by atoms with Crippen LogP contribution >= 0.6 is 11.6 Å². The summed E-state index contributed by atoms with van der Waals surface area (Å²) in [6.45, 7) is 0. The van der Waals surface area contributed by atoms with E-state index in [1.807, 2.05) is 0 Å². The topological polar surface area (TPSA) is 28.7 Å². The zero-order valence-corrected chi connectivity index (χ0v) is 6.41. The molecule has 0 saturated heterocycles. The van der Waals surface area contributed by atoms with Crippen LogP contribution < -0.4 is 0 Å². The number of fused-ring (bicyclic) bond motifs is 1. The maximum Gasteiger partial charge on any atom is 0.154 e. The van der Waals surface area contributed by atoms with Gasteiger partial charge in [0, 0.05) is 11.3 Å². The first kappa shape index (κ1) is 6.23. The van der Waals surface area contributed by atoms with Crippen molar-refractivity contribution in [1.82, 2.24) is 10.2 Å². The number of nitrogens with zero attached hydrogens (tertiary/aromatic N) is 1. The molecule has 1 aromatic rings. The molecule has 0 spiro atoms. The van der Waals surface area contributed by atoms with Crippen LogP contribution in [0.2, 0.25) is 5.15 Å². The Labute approximate surface area is 64.6 Å². The van der Waals surface area contributed by atoms with E-state index in [1.165, 1.54) is 24.1 Å². The molecule has 0 fully saturated rings. The Balaban J connectivity index is 2.45. The molecule has 1 heterocycles. The van der Waals surface area contributed by atoms with E-state index in [1.54, 1.807) is 0 Å². The van der Waals surface area contributed by atoms with Crippen LogP contribution in [-0.4, -0.2) is 10.2 Å². The van der Waals surface area contributed by atoms with E-state index in [-0.39, 0.29) is 0 Å². The minimum atomic E-state index is 0.676. The maximum atomic E-state index is 5.82. The van der Waals surface area contributed by atoms with Gasteiger partial charge in [-0.1, -0.05) is 11.6 Å². The second-order valence-electron chi connectivity index (χ2n) is 2.68. The minimum absolute atomic E-state index is 0.676. The van der Waals surface area contributed by atoms with Crippen molar-refractivity contribution in [2.75, 3.05) is 0 Å². The molecule has 1 aliphatic rings. The Morgan fingerprint density at radius 2 is 2.10 bits per heavy atom. The Kier molecular flexibility index (Phi) is 1.42. The number of rotatable bonds is 0. The van der Waals surface area contributed by atoms with Crippen molar-refractivity contribution >= 4 is 11.6 Å². The van der Waals surface area contributed by atoms with Gasteiger partial charge in [0.05, 0.1) is 0 Å². The first-order chi connectivity index (χ1) is 4.88. The molecule has 54 valence electrons. The molecule has 0 amide bonds. The number of aromatic amines is 1. The van der Waals surface area contributed by atoms with Crippen LogP contribution in [0, 0.1) is 0 Å². The molecule has 0 aromatic carbocycles. The quantitative estimate of drug-likeness (QED) is 0.611. The van der Waals surface area contributed by atoms with Crippen molar-refractivity contribution in [3.63, 3.8) is 0 Å². The van der Waals surface area contributed by atoms with E-state index in [0.717, 1.165) is 12.8 Å². The van der Waals surface area contributed by atoms with Gasteiger partial charge in [-0.3, -0.25) is 5.10 Å². The molecule has 0 unspecified atom stereocenters. The van der Waals surface area contributed by atoms with Crippen LogP contribution in [0.5, 0.6) is 0 Å². The normalized spacial score (nSPS) is 16.9. The summed E-state index contributed by atoms with van der Waals surface area (Å²) in [6, 6.07) is 0. The van der Waals surface area contributed by atoms with Crippen LogP contribution in [0.25, 0.3) is 0 Å². The Hall–Kier alpha value is -0.500. The lowest BCUT2D eigenvalue weighted by Gasteiger charge is -2.08. The zero-order valence-electron chi connectivity index (χ0n) is 5.65. The number of H-pyrrole nitrogens is 1. The fourth-order valence-electron chi connectivity index (χ4n) is 1.44. The number of hydrogen-bond donors (Lipinski definition) is 1. The van der Waals surface area contributed by atoms with Crippen molar-refractivity contribution in [3.8, 4) is 0 Å². The highest BCUT2D eigenvalue weighted by Gasteiger charge is 2.14. The second-order valence-corrected chi connectivity index (χ2v) is 3.04. The molecule has 2 rings (SSSR count). The third kappa shape index (κ3) is 0.833. The van der Waals surface area contributed by atoms with Gasteiger partial charge in [0.15, 0.2) is 5.15 Å². The molecule has 3 heteroatoms. The lowest BCUT2D eigenvalue weighted by Crippen LogP contribution is -2.00. The van der Waals surface area contributed by atoms with Gasteiger partial charge in [-0.05, 0) is 25.7 Å². The summed E-state index contributed by atoms with van der Waals surface area (Å²) in [4.78, 5) is 0. The molecule has 0 atom stereocenters. The smallest absolute Gasteiger partial charge is 0.154 e. The van der Waals surface area contributed by atoms with Gasteiger partial charge >= 0.3 is 0 Å². The summed E-state index contributed by atoms with van der Waals surface area (Å²) < 4.78 is 0. The summed E-state index contributed by atoms with van der Waals surface area (Å²) in [5.74, 6) is 0. The number of aromatic nitrogens is 2. The molecule has 1 aromatic heterocycles. The molecular formula is C7H9ClN2. The average Bonchev–Trinajstić information content (AvgIpc) is 2.34. The fourth-order valence-corrected chi connectivity index (χ4v) is 1.69. The van der Waals surface area contributed by atoms with Crippen LogP contribution in [0.1, 0.15) is 24.1 Å². The molecule has 1 aliphatic carbocycles. The average molecular weight is 157 g/mol. The number of aryl methyl sites for hydroxylation is 1. The summed E-state index contributed by atoms with van der Waals surface area (Å²) in [7, 11) is 0. The van der Waals surface area contributed by atoms with E-state index in [2.05, 4.69) is 10.2 Å². The van der Waals surface area contributed by atoms with E-state index in [9.17, 15) is 0 Å². The van der Waals surface area contributed by atoms with Crippen LogP contribution in [0.15, 0.2) is 0 Å². The monoisotopic (exact) mass is 156 g/mol. The molecular weight excluding hydrogens is 148 g/mol. The highest BCUT2D eigenvalue weighted by molar-refractivity contribution is 6.30. The van der Waals surface area contributed by atoms with Crippen LogP contribution in [-0.2, 0) is 12.8 Å². The van der Waals surface area contributed by atoms with E-state index >= 15 is 0 Å². The van der Waals surface area contributed by atoms with Crippen molar-refractivity contribution in [1.29, 1.82) is 0 Å². The number of nitrogens with one attached hydrogen (secondary N) is 1. The Morgan fingerprint density at radius 3 is 2.90 bits per heavy atom. The lowest BCUT2D eigenvalue weighted by molar-refractivity contribution is 0.675. The zero-order chi connectivity index (χ0) is 6.97. The Morgan fingerprint density at radius 1 is 1.30 bits per heavy atom. The Bertz CT molecular complexity index is 242. The van der Waals surface area contributed by atoms with Gasteiger partial charge in [-0.15, -0.1) is 0 Å². The molecule has 2 nitrogen and oxygen atoms in total. The SMILES string of the molecule is Clc1n[nH]c2c1CCCC2. The molecule has 1 N–H and O–H groups in total. The molecule has 0 bridgehead atoms. The lowest BCUT2D eigenvalue weighted by atomic mass is 9.99. The third-order valence-electron chi connectivity index (χ3n) is 2.01. The predicted molar refractivity (Wildman–Crippen MR) is 40.2 cm³/mol. The summed E-state index contributed by atoms with van der Waals surface area (Å²) in [6.07, 6.45) is 4.75. The standard InChI is InChI=1S/C7H9ClN2/c8-7-5-3-1-2-4-6(5)9-10-7/h1-4H2,(H,9,10). The predicted octanol–water partition coefficient (Wildman–Crippen LogP) is 1.94. The van der Waals surface area contributed by atoms with Crippen LogP contribution in [0.3, 0.4) is 0 Å². The van der Waals surface area contributed by atoms with Crippen molar-refractivity contribution < 1.29 is 0 Å². The number of hydrogen-bond acceptors (Lipinski definition) is 1. The largest absolute Gasteiger partial charge is 0.281 e. The molecule has 10 heavy (non-hydrogen) atoms. The summed E-state index contributed by atoms with van der Waals surface area (Å²) >= 11 is 5.82. The second kappa shape index (κ2) is 2.27. The first-order valence-corrected chi connectivity index (χ1v) is 3.97. The highest BCUT2D eigenvalue weighted by atomic mass is 35.5. The molecule has 0 radical (unpaired) electrons. The third-order valence-corrected chi connectivity index (χ3v) is 2.32. The van der Waals surface area contributed by atoms with Crippen molar-refractivity contribution in [2.45, 2.75) is 25.7 Å². The minimum Gasteiger partial charge on any atom is -0.281 e. The van der Waals surface area contributed by atoms with E-state index in [0.29, 0.717) is 5.15 Å². The van der Waals surface area contributed by atoms with Gasteiger partial charge in [0.2, 0.25) is 0 Å². The van der Waals surface area contributed by atoms with E-state index < -0.39 is 0 Å². The fraction of sp³-hybridized carbons (Fsp3) is 0.571. The van der Waals surface area contributed by atoms with Crippen molar-refractivity contribution in [3.05, 3.63) is 16.4 Å². The van der Waals surface area contributed by atoms with E-state index in [4.69, 9.17) is 11.6 Å². The summed E-state index contributed by atoms with van der Waals surface area (Å²) in [5.41, 5.74) is 2.49. The number of halogens is 1. The van der Waals surface area contributed by atoms with Gasteiger partial charge in [-0.25, -0.2) is 0 Å². The van der Waals surface area contributed by atoms with Gasteiger partial charge in [0.25, 0.3) is 0 Å². The van der Waals surface area contributed by atoms with Gasteiger partial charge < -0.3 is 0 Å². The highest BCUT2D eigenvalue weighted by Crippen LogP contribution is 2.24. The van der Waals surface area contributed by atoms with Gasteiger partial charge in [-0.2, -0.15) is 5.10 Å². The molecule has 0 aliphatic heterocycles. The van der Waals surface area contributed by atoms with Crippen LogP contribution in [0.4, 0.5) is 0 Å². The van der Waals surface area contributed by atoms with Crippen molar-refractivity contribution in [2.24, 2.45) is 0 Å².